The lowest BCUT2D eigenvalue weighted by atomic mass is 9.66. The van der Waals surface area contributed by atoms with Gasteiger partial charge < -0.3 is 10.1 Å². The van der Waals surface area contributed by atoms with E-state index in [1.54, 1.807) is 12.1 Å². The molecule has 0 amide bonds. The molecule has 0 unspecified atom stereocenters. The molecular weight excluding hydrogens is 408 g/mol. The van der Waals surface area contributed by atoms with Crippen LogP contribution >= 0.6 is 0 Å². The Kier molecular flexibility index (Phi) is 6.35. The number of hydrogen-bond acceptors (Lipinski definition) is 3. The molecule has 0 bridgehead atoms. The van der Waals surface area contributed by atoms with Crippen molar-refractivity contribution in [1.82, 2.24) is 10.3 Å². The molecule has 31 heavy (non-hydrogen) atoms. The number of aromatic nitrogens is 1. The predicted molar refractivity (Wildman–Crippen MR) is 110 cm³/mol. The van der Waals surface area contributed by atoms with Gasteiger partial charge in [-0.25, -0.2) is 4.39 Å². The summed E-state index contributed by atoms with van der Waals surface area (Å²) < 4.78 is 60.0. The molecule has 4 rings (SSSR count). The number of alkyl halides is 3. The molecule has 1 saturated carbocycles. The van der Waals surface area contributed by atoms with Crippen molar-refractivity contribution >= 4 is 0 Å². The summed E-state index contributed by atoms with van der Waals surface area (Å²) in [6.07, 6.45) is 4.64. The lowest BCUT2D eigenvalue weighted by Gasteiger charge is -2.47. The van der Waals surface area contributed by atoms with Crippen molar-refractivity contribution in [1.29, 1.82) is 0 Å². The Morgan fingerprint density at radius 3 is 2.65 bits per heavy atom. The van der Waals surface area contributed by atoms with E-state index in [2.05, 4.69) is 10.3 Å². The summed E-state index contributed by atoms with van der Waals surface area (Å²) in [6.45, 7) is 1.24. The van der Waals surface area contributed by atoms with E-state index in [9.17, 15) is 17.6 Å². The summed E-state index contributed by atoms with van der Waals surface area (Å²) in [5, 5.41) is 3.18. The summed E-state index contributed by atoms with van der Waals surface area (Å²) in [5.74, 6) is -0.262. The van der Waals surface area contributed by atoms with Crippen LogP contribution in [0.2, 0.25) is 0 Å². The van der Waals surface area contributed by atoms with Crippen LogP contribution in [0.1, 0.15) is 61.6 Å². The molecule has 2 fully saturated rings. The largest absolute Gasteiger partial charge is 0.416 e. The fraction of sp³-hybridized carbons (Fsp3) is 0.542. The van der Waals surface area contributed by atoms with Crippen LogP contribution in [0.25, 0.3) is 0 Å². The fourth-order valence-electron chi connectivity index (χ4n) is 5.38. The minimum atomic E-state index is -4.40. The van der Waals surface area contributed by atoms with E-state index in [1.807, 2.05) is 6.07 Å². The molecule has 1 spiro atoms. The van der Waals surface area contributed by atoms with Gasteiger partial charge >= 0.3 is 6.18 Å². The number of halogens is 4. The van der Waals surface area contributed by atoms with Crippen LogP contribution in [0.5, 0.6) is 0 Å². The molecule has 2 heterocycles. The lowest BCUT2D eigenvalue weighted by Crippen LogP contribution is -2.47. The van der Waals surface area contributed by atoms with Crippen LogP contribution in [0, 0.1) is 5.82 Å². The van der Waals surface area contributed by atoms with E-state index in [-0.39, 0.29) is 28.9 Å². The van der Waals surface area contributed by atoms with Crippen LogP contribution in [-0.2, 0) is 22.9 Å². The number of nitrogens with one attached hydrogen (secondary N) is 1. The second kappa shape index (κ2) is 8.87. The van der Waals surface area contributed by atoms with E-state index in [4.69, 9.17) is 4.74 Å². The molecule has 2 aliphatic rings. The van der Waals surface area contributed by atoms with Crippen LogP contribution in [0.3, 0.4) is 0 Å². The van der Waals surface area contributed by atoms with E-state index >= 15 is 0 Å². The highest BCUT2D eigenvalue weighted by atomic mass is 19.4. The minimum absolute atomic E-state index is 0.0869. The van der Waals surface area contributed by atoms with Crippen LogP contribution in [0.15, 0.2) is 42.7 Å². The third-order valence-corrected chi connectivity index (χ3v) is 6.91. The number of nitrogens with zero attached hydrogens (tertiary/aromatic N) is 1. The highest BCUT2D eigenvalue weighted by Crippen LogP contribution is 2.50. The number of ether oxygens (including phenoxy) is 1. The Hall–Kier alpha value is -1.99. The highest BCUT2D eigenvalue weighted by Gasteiger charge is 2.47. The SMILES string of the molecule is Fc1cccc([C@]2(CCNCc3cnccc3C(F)(F)F)CCOC3(CCCC3)C2)c1. The maximum atomic E-state index is 14.1. The Morgan fingerprint density at radius 1 is 1.10 bits per heavy atom. The maximum Gasteiger partial charge on any atom is 0.416 e. The van der Waals surface area contributed by atoms with Crippen LogP contribution < -0.4 is 5.32 Å². The monoisotopic (exact) mass is 436 g/mol. The van der Waals surface area contributed by atoms with Crippen molar-refractivity contribution in [3.63, 3.8) is 0 Å². The number of hydrogen-bond donors (Lipinski definition) is 1. The average molecular weight is 436 g/mol. The molecule has 1 aromatic carbocycles. The van der Waals surface area contributed by atoms with Gasteiger partial charge in [0.1, 0.15) is 5.82 Å². The zero-order valence-corrected chi connectivity index (χ0v) is 17.5. The van der Waals surface area contributed by atoms with E-state index in [0.29, 0.717) is 19.6 Å². The summed E-state index contributed by atoms with van der Waals surface area (Å²) >= 11 is 0. The molecule has 1 atom stereocenters. The summed E-state index contributed by atoms with van der Waals surface area (Å²) in [7, 11) is 0. The van der Waals surface area contributed by atoms with Crippen LogP contribution in [0.4, 0.5) is 17.6 Å². The molecule has 168 valence electrons. The Bertz CT molecular complexity index is 895. The van der Waals surface area contributed by atoms with Gasteiger partial charge in [-0.15, -0.1) is 0 Å². The average Bonchev–Trinajstić information content (AvgIpc) is 3.18. The molecular formula is C24H28F4N2O. The summed E-state index contributed by atoms with van der Waals surface area (Å²) in [4.78, 5) is 3.85. The zero-order chi connectivity index (χ0) is 22.0. The standard InChI is InChI=1S/C24H28F4N2O/c25-20-5-3-4-19(14-20)22(10-13-31-23(17-22)7-1-2-8-23)9-12-30-16-18-15-29-11-6-21(18)24(26,27)28/h3-6,11,14-15,30H,1-2,7-10,12-13,16-17H2/t22-/m1/s1. The molecule has 1 saturated heterocycles. The van der Waals surface area contributed by atoms with Gasteiger partial charge in [0.25, 0.3) is 0 Å². The molecule has 7 heteroatoms. The second-order valence-corrected chi connectivity index (χ2v) is 8.91. The van der Waals surface area contributed by atoms with Gasteiger partial charge in [0.05, 0.1) is 11.2 Å². The summed E-state index contributed by atoms with van der Waals surface area (Å²) in [5.41, 5.74) is 0.0257. The Morgan fingerprint density at radius 2 is 1.90 bits per heavy atom. The van der Waals surface area contributed by atoms with Gasteiger partial charge in [0, 0.05) is 31.0 Å². The molecule has 2 aromatic rings. The van der Waals surface area contributed by atoms with Gasteiger partial charge in [-0.1, -0.05) is 25.0 Å². The normalized spacial score (nSPS) is 23.4. The van der Waals surface area contributed by atoms with Crippen molar-refractivity contribution in [3.05, 3.63) is 65.2 Å². The molecule has 0 radical (unpaired) electrons. The smallest absolute Gasteiger partial charge is 0.375 e. The van der Waals surface area contributed by atoms with E-state index in [1.165, 1.54) is 12.3 Å². The molecule has 1 aliphatic carbocycles. The van der Waals surface area contributed by atoms with E-state index < -0.39 is 11.7 Å². The Balaban J connectivity index is 1.49. The van der Waals surface area contributed by atoms with Gasteiger partial charge in [0.15, 0.2) is 0 Å². The molecule has 1 aliphatic heterocycles. The topological polar surface area (TPSA) is 34.2 Å². The van der Waals surface area contributed by atoms with Crippen molar-refractivity contribution in [2.75, 3.05) is 13.2 Å². The van der Waals surface area contributed by atoms with E-state index in [0.717, 1.165) is 56.4 Å². The molecule has 1 aromatic heterocycles. The first-order chi connectivity index (χ1) is 14.8. The van der Waals surface area contributed by atoms with Crippen molar-refractivity contribution in [3.8, 4) is 0 Å². The highest BCUT2D eigenvalue weighted by molar-refractivity contribution is 5.29. The lowest BCUT2D eigenvalue weighted by molar-refractivity contribution is -0.138. The van der Waals surface area contributed by atoms with Gasteiger partial charge in [0.2, 0.25) is 0 Å². The first-order valence-corrected chi connectivity index (χ1v) is 10.9. The van der Waals surface area contributed by atoms with Gasteiger partial charge in [-0.05, 0) is 68.0 Å². The van der Waals surface area contributed by atoms with Gasteiger partial charge in [-0.2, -0.15) is 13.2 Å². The number of benzene rings is 1. The third kappa shape index (κ3) is 4.93. The molecule has 3 nitrogen and oxygen atoms in total. The van der Waals surface area contributed by atoms with Gasteiger partial charge in [-0.3, -0.25) is 4.98 Å². The number of pyridine rings is 1. The van der Waals surface area contributed by atoms with Crippen molar-refractivity contribution < 1.29 is 22.3 Å². The first-order valence-electron chi connectivity index (χ1n) is 10.9. The number of rotatable bonds is 6. The third-order valence-electron chi connectivity index (χ3n) is 6.91. The second-order valence-electron chi connectivity index (χ2n) is 8.91. The maximum absolute atomic E-state index is 14.1. The minimum Gasteiger partial charge on any atom is -0.375 e. The van der Waals surface area contributed by atoms with Crippen LogP contribution in [-0.4, -0.2) is 23.7 Å². The quantitative estimate of drug-likeness (QED) is 0.460. The fourth-order valence-corrected chi connectivity index (χ4v) is 5.38. The first kappa shape index (κ1) is 22.2. The van der Waals surface area contributed by atoms with Crippen molar-refractivity contribution in [2.24, 2.45) is 0 Å². The summed E-state index contributed by atoms with van der Waals surface area (Å²) in [6, 6.07) is 7.77. The van der Waals surface area contributed by atoms with Crippen molar-refractivity contribution in [2.45, 2.75) is 68.7 Å². The Labute approximate surface area is 180 Å². The predicted octanol–water partition coefficient (Wildman–Crippen LogP) is 5.78. The zero-order valence-electron chi connectivity index (χ0n) is 17.5. The molecule has 1 N–H and O–H groups in total.